The number of alkyl halides is 1. The van der Waals surface area contributed by atoms with E-state index in [1.54, 1.807) is 4.90 Å². The van der Waals surface area contributed by atoms with Gasteiger partial charge in [0.05, 0.1) is 0 Å². The lowest BCUT2D eigenvalue weighted by atomic mass is 10.1. The van der Waals surface area contributed by atoms with Gasteiger partial charge in [0.25, 0.3) is 0 Å². The fraction of sp³-hybridized carbons (Fsp3) is 0.500. The highest BCUT2D eigenvalue weighted by atomic mass is 35.5. The maximum absolute atomic E-state index is 12.2. The number of likely N-dealkylation sites (N-methyl/N-ethyl adjacent to an activating group) is 1. The third-order valence-corrected chi connectivity index (χ3v) is 4.01. The van der Waals surface area contributed by atoms with E-state index in [1.165, 1.54) is 12.8 Å². The summed E-state index contributed by atoms with van der Waals surface area (Å²) in [6.45, 7) is 2.10. The van der Waals surface area contributed by atoms with Crippen LogP contribution in [0.25, 0.3) is 0 Å². The Hall–Kier alpha value is -1.02. The minimum Gasteiger partial charge on any atom is -0.341 e. The molecule has 1 aliphatic rings. The first-order valence-corrected chi connectivity index (χ1v) is 6.50. The van der Waals surface area contributed by atoms with Gasteiger partial charge in [0, 0.05) is 13.1 Å². The maximum atomic E-state index is 12.2. The first-order valence-electron chi connectivity index (χ1n) is 6.07. The zero-order valence-corrected chi connectivity index (χ0v) is 11.0. The lowest BCUT2D eigenvalue weighted by Crippen LogP contribution is -2.38. The molecule has 0 radical (unpaired) electrons. The van der Waals surface area contributed by atoms with E-state index in [0.29, 0.717) is 12.0 Å². The normalized spacial score (nSPS) is 18.5. The van der Waals surface area contributed by atoms with Crippen molar-refractivity contribution in [3.63, 3.8) is 0 Å². The van der Waals surface area contributed by atoms with E-state index in [1.807, 2.05) is 37.4 Å². The van der Waals surface area contributed by atoms with Gasteiger partial charge >= 0.3 is 0 Å². The molecule has 2 unspecified atom stereocenters. The number of rotatable bonds is 4. The minimum absolute atomic E-state index is 0.00253. The molecule has 0 N–H and O–H groups in total. The summed E-state index contributed by atoms with van der Waals surface area (Å²) >= 11 is 6.23. The van der Waals surface area contributed by atoms with E-state index in [-0.39, 0.29) is 5.91 Å². The molecule has 0 aliphatic heterocycles. The van der Waals surface area contributed by atoms with Crippen molar-refractivity contribution in [2.75, 3.05) is 7.05 Å². The fourth-order valence-corrected chi connectivity index (χ4v) is 2.34. The molecule has 0 bridgehead atoms. The summed E-state index contributed by atoms with van der Waals surface area (Å²) in [6.07, 6.45) is 2.47. The van der Waals surface area contributed by atoms with Gasteiger partial charge in [0.1, 0.15) is 5.38 Å². The van der Waals surface area contributed by atoms with E-state index < -0.39 is 5.38 Å². The summed E-state index contributed by atoms with van der Waals surface area (Å²) in [4.78, 5) is 14.0. The van der Waals surface area contributed by atoms with Crippen molar-refractivity contribution in [3.8, 4) is 0 Å². The predicted octanol–water partition coefficient (Wildman–Crippen LogP) is 3.22. The quantitative estimate of drug-likeness (QED) is 0.753. The molecule has 1 saturated carbocycles. The third-order valence-electron chi connectivity index (χ3n) is 3.57. The smallest absolute Gasteiger partial charge is 0.245 e. The lowest BCUT2D eigenvalue weighted by Gasteiger charge is -2.27. The van der Waals surface area contributed by atoms with E-state index in [4.69, 9.17) is 11.6 Å². The average molecular weight is 252 g/mol. The Labute approximate surface area is 108 Å². The highest BCUT2D eigenvalue weighted by molar-refractivity contribution is 6.30. The number of carbonyl (C=O) groups excluding carboxylic acids is 1. The molecule has 2 atom stereocenters. The third kappa shape index (κ3) is 2.81. The first-order chi connectivity index (χ1) is 8.11. The van der Waals surface area contributed by atoms with Gasteiger partial charge in [-0.05, 0) is 31.2 Å². The van der Waals surface area contributed by atoms with Crippen LogP contribution < -0.4 is 0 Å². The first kappa shape index (κ1) is 12.4. The Balaban J connectivity index is 2.03. The van der Waals surface area contributed by atoms with Crippen LogP contribution in [0.1, 0.15) is 30.7 Å². The highest BCUT2D eigenvalue weighted by Gasteiger charge is 2.34. The van der Waals surface area contributed by atoms with Crippen LogP contribution in [0.15, 0.2) is 30.3 Å². The molecular weight excluding hydrogens is 234 g/mol. The van der Waals surface area contributed by atoms with Gasteiger partial charge in [0.2, 0.25) is 5.91 Å². The predicted molar refractivity (Wildman–Crippen MR) is 70.0 cm³/mol. The van der Waals surface area contributed by atoms with E-state index in [9.17, 15) is 4.79 Å². The molecule has 3 heteroatoms. The summed E-state index contributed by atoms with van der Waals surface area (Å²) < 4.78 is 0. The molecule has 1 aromatic rings. The van der Waals surface area contributed by atoms with Crippen molar-refractivity contribution in [1.82, 2.24) is 4.90 Å². The average Bonchev–Trinajstić information content (AvgIpc) is 3.20. The number of hydrogen-bond donors (Lipinski definition) is 0. The summed E-state index contributed by atoms with van der Waals surface area (Å²) in [7, 11) is 1.85. The molecule has 0 heterocycles. The molecule has 0 spiro atoms. The van der Waals surface area contributed by atoms with E-state index in [2.05, 4.69) is 6.92 Å². The summed E-state index contributed by atoms with van der Waals surface area (Å²) in [5.74, 6) is 0.667. The van der Waals surface area contributed by atoms with Crippen molar-refractivity contribution in [2.45, 2.75) is 31.2 Å². The number of halogens is 1. The van der Waals surface area contributed by atoms with Crippen molar-refractivity contribution < 1.29 is 4.79 Å². The van der Waals surface area contributed by atoms with Crippen molar-refractivity contribution >= 4 is 17.5 Å². The van der Waals surface area contributed by atoms with Crippen molar-refractivity contribution in [2.24, 2.45) is 5.92 Å². The van der Waals surface area contributed by atoms with Crippen molar-refractivity contribution in [3.05, 3.63) is 35.9 Å². The summed E-state index contributed by atoms with van der Waals surface area (Å²) in [6, 6.07) is 9.82. The molecule has 1 amide bonds. The Morgan fingerprint density at radius 3 is 2.47 bits per heavy atom. The Kier molecular flexibility index (Phi) is 3.72. The van der Waals surface area contributed by atoms with Gasteiger partial charge in [-0.2, -0.15) is 0 Å². The molecule has 0 saturated heterocycles. The van der Waals surface area contributed by atoms with Gasteiger partial charge in [-0.15, -0.1) is 11.6 Å². The second-order valence-electron chi connectivity index (χ2n) is 4.80. The standard InChI is InChI=1S/C14H18ClNO/c1-10(11-8-9-11)16(2)14(17)13(15)12-6-4-3-5-7-12/h3-7,10-11,13H,8-9H2,1-2H3. The van der Waals surface area contributed by atoms with Crippen LogP contribution in [0.2, 0.25) is 0 Å². The molecule has 2 rings (SSSR count). The van der Waals surface area contributed by atoms with Gasteiger partial charge < -0.3 is 4.90 Å². The summed E-state index contributed by atoms with van der Waals surface area (Å²) in [5, 5.41) is -0.567. The number of carbonyl (C=O) groups is 1. The Morgan fingerprint density at radius 1 is 1.35 bits per heavy atom. The minimum atomic E-state index is -0.567. The zero-order chi connectivity index (χ0) is 12.4. The molecule has 92 valence electrons. The summed E-state index contributed by atoms with van der Waals surface area (Å²) in [5.41, 5.74) is 0.869. The van der Waals surface area contributed by atoms with Crippen LogP contribution in [-0.2, 0) is 4.79 Å². The molecule has 1 fully saturated rings. The SMILES string of the molecule is CC(C1CC1)N(C)C(=O)C(Cl)c1ccccc1. The van der Waals surface area contributed by atoms with Gasteiger partial charge in [-0.25, -0.2) is 0 Å². The maximum Gasteiger partial charge on any atom is 0.245 e. The number of nitrogens with zero attached hydrogens (tertiary/aromatic N) is 1. The lowest BCUT2D eigenvalue weighted by molar-refractivity contribution is -0.131. The van der Waals surface area contributed by atoms with Crippen LogP contribution in [0, 0.1) is 5.92 Å². The van der Waals surface area contributed by atoms with Gasteiger partial charge in [0.15, 0.2) is 0 Å². The monoisotopic (exact) mass is 251 g/mol. The molecule has 1 aliphatic carbocycles. The van der Waals surface area contributed by atoms with E-state index in [0.717, 1.165) is 5.56 Å². The van der Waals surface area contributed by atoms with Crippen molar-refractivity contribution in [1.29, 1.82) is 0 Å². The molecule has 0 aromatic heterocycles. The van der Waals surface area contributed by atoms with Gasteiger partial charge in [-0.1, -0.05) is 30.3 Å². The van der Waals surface area contributed by atoms with E-state index >= 15 is 0 Å². The van der Waals surface area contributed by atoms with Crippen LogP contribution in [-0.4, -0.2) is 23.9 Å². The molecule has 2 nitrogen and oxygen atoms in total. The second-order valence-corrected chi connectivity index (χ2v) is 5.24. The van der Waals surface area contributed by atoms with Crippen LogP contribution in [0.3, 0.4) is 0 Å². The topological polar surface area (TPSA) is 20.3 Å². The Bertz CT molecular complexity index is 388. The Morgan fingerprint density at radius 2 is 1.94 bits per heavy atom. The van der Waals surface area contributed by atoms with Gasteiger partial charge in [-0.3, -0.25) is 4.79 Å². The number of benzene rings is 1. The highest BCUT2D eigenvalue weighted by Crippen LogP contribution is 2.36. The zero-order valence-electron chi connectivity index (χ0n) is 10.3. The van der Waals surface area contributed by atoms with Crippen LogP contribution in [0.5, 0.6) is 0 Å². The molecular formula is C14H18ClNO. The number of amides is 1. The molecule has 17 heavy (non-hydrogen) atoms. The second kappa shape index (κ2) is 5.09. The fourth-order valence-electron chi connectivity index (χ4n) is 2.04. The van der Waals surface area contributed by atoms with Crippen LogP contribution in [0.4, 0.5) is 0 Å². The van der Waals surface area contributed by atoms with Crippen LogP contribution >= 0.6 is 11.6 Å². The largest absolute Gasteiger partial charge is 0.341 e. The molecule has 1 aromatic carbocycles. The number of hydrogen-bond acceptors (Lipinski definition) is 1.